The summed E-state index contributed by atoms with van der Waals surface area (Å²) < 4.78 is 14.9. The molecule has 3 rings (SSSR count). The minimum absolute atomic E-state index is 0.126. The fourth-order valence-electron chi connectivity index (χ4n) is 2.34. The Kier molecular flexibility index (Phi) is 3.61. The first kappa shape index (κ1) is 14.8. The molecule has 0 spiro atoms. The second kappa shape index (κ2) is 5.60. The van der Waals surface area contributed by atoms with E-state index in [9.17, 15) is 9.18 Å². The van der Waals surface area contributed by atoms with Crippen LogP contribution >= 0.6 is 0 Å². The number of halogens is 1. The number of carbonyl (C=O) groups excluding carboxylic acids is 1. The van der Waals surface area contributed by atoms with Crippen LogP contribution in [0.1, 0.15) is 12.5 Å². The van der Waals surface area contributed by atoms with Crippen LogP contribution in [0, 0.1) is 12.7 Å². The van der Waals surface area contributed by atoms with E-state index in [0.29, 0.717) is 10.9 Å². The average molecular weight is 311 g/mol. The van der Waals surface area contributed by atoms with Crippen molar-refractivity contribution < 1.29 is 9.18 Å². The number of hydrogen-bond donors (Lipinski definition) is 2. The molecule has 116 valence electrons. The second-order valence-corrected chi connectivity index (χ2v) is 5.15. The van der Waals surface area contributed by atoms with Gasteiger partial charge in [0.1, 0.15) is 17.3 Å². The van der Waals surface area contributed by atoms with E-state index >= 15 is 0 Å². The third-order valence-corrected chi connectivity index (χ3v) is 3.45. The number of anilines is 2. The second-order valence-electron chi connectivity index (χ2n) is 5.15. The van der Waals surface area contributed by atoms with Gasteiger partial charge in [0.2, 0.25) is 5.91 Å². The van der Waals surface area contributed by atoms with Crippen molar-refractivity contribution in [2.45, 2.75) is 13.8 Å². The van der Waals surface area contributed by atoms with E-state index in [1.807, 2.05) is 6.92 Å². The van der Waals surface area contributed by atoms with Crippen LogP contribution in [-0.2, 0) is 4.79 Å². The van der Waals surface area contributed by atoms with E-state index in [-0.39, 0.29) is 28.6 Å². The fourth-order valence-corrected chi connectivity index (χ4v) is 2.34. The van der Waals surface area contributed by atoms with Gasteiger partial charge in [-0.25, -0.2) is 14.4 Å². The van der Waals surface area contributed by atoms with Crippen LogP contribution in [0.4, 0.5) is 16.0 Å². The number of fused-ring (bicyclic) bond motifs is 1. The summed E-state index contributed by atoms with van der Waals surface area (Å²) in [5, 5.41) is 3.16. The van der Waals surface area contributed by atoms with E-state index in [4.69, 9.17) is 5.73 Å². The standard InChI is InChI=1S/C16H14FN5O/c1-8-3-4-19-6-11(8)15-14(17)10-5-13(21-9(2)23)20-7-12(10)16(18)22-15/h3-7H,1-2H3,(H2,18,22)(H,20,21,23). The third kappa shape index (κ3) is 2.68. The number of nitrogens with zero attached hydrogens (tertiary/aromatic N) is 3. The molecule has 23 heavy (non-hydrogen) atoms. The van der Waals surface area contributed by atoms with Crippen molar-refractivity contribution in [1.29, 1.82) is 0 Å². The zero-order chi connectivity index (χ0) is 16.6. The Hall–Kier alpha value is -3.09. The van der Waals surface area contributed by atoms with Crippen LogP contribution in [0.5, 0.6) is 0 Å². The number of hydrogen-bond acceptors (Lipinski definition) is 5. The Balaban J connectivity index is 2.27. The summed E-state index contributed by atoms with van der Waals surface area (Å²) in [6.45, 7) is 3.20. The highest BCUT2D eigenvalue weighted by atomic mass is 19.1. The van der Waals surface area contributed by atoms with Gasteiger partial charge in [-0.05, 0) is 24.6 Å². The Bertz CT molecular complexity index is 926. The molecule has 0 aromatic carbocycles. The van der Waals surface area contributed by atoms with Crippen molar-refractivity contribution in [3.8, 4) is 11.3 Å². The smallest absolute Gasteiger partial charge is 0.222 e. The molecule has 0 saturated heterocycles. The molecule has 0 aliphatic carbocycles. The third-order valence-electron chi connectivity index (χ3n) is 3.45. The lowest BCUT2D eigenvalue weighted by Gasteiger charge is -2.11. The average Bonchev–Trinajstić information content (AvgIpc) is 2.51. The molecule has 0 fully saturated rings. The number of amides is 1. The quantitative estimate of drug-likeness (QED) is 0.759. The molecule has 6 nitrogen and oxygen atoms in total. The van der Waals surface area contributed by atoms with Gasteiger partial charge < -0.3 is 11.1 Å². The van der Waals surface area contributed by atoms with Gasteiger partial charge in [-0.1, -0.05) is 0 Å². The number of pyridine rings is 3. The van der Waals surface area contributed by atoms with Crippen LogP contribution in [0.25, 0.3) is 22.0 Å². The van der Waals surface area contributed by atoms with Crippen molar-refractivity contribution in [3.63, 3.8) is 0 Å². The van der Waals surface area contributed by atoms with Crippen molar-refractivity contribution >= 4 is 28.3 Å². The van der Waals surface area contributed by atoms with Gasteiger partial charge >= 0.3 is 0 Å². The molecule has 0 radical (unpaired) electrons. The number of aromatic nitrogens is 3. The van der Waals surface area contributed by atoms with Gasteiger partial charge in [0.25, 0.3) is 0 Å². The Morgan fingerprint density at radius 1 is 1.30 bits per heavy atom. The number of carbonyl (C=O) groups is 1. The maximum Gasteiger partial charge on any atom is 0.222 e. The van der Waals surface area contributed by atoms with Crippen molar-refractivity contribution in [3.05, 3.63) is 42.1 Å². The van der Waals surface area contributed by atoms with Gasteiger partial charge in [-0.2, -0.15) is 0 Å². The van der Waals surface area contributed by atoms with E-state index in [0.717, 1.165) is 5.56 Å². The molecule has 0 aliphatic heterocycles. The van der Waals surface area contributed by atoms with Crippen LogP contribution in [0.2, 0.25) is 0 Å². The molecule has 0 aliphatic rings. The molecule has 3 heterocycles. The summed E-state index contributed by atoms with van der Waals surface area (Å²) >= 11 is 0. The van der Waals surface area contributed by atoms with E-state index in [2.05, 4.69) is 20.3 Å². The predicted octanol–water partition coefficient (Wildman–Crippen LogP) is 2.68. The lowest BCUT2D eigenvalue weighted by Crippen LogP contribution is -2.08. The predicted molar refractivity (Wildman–Crippen MR) is 86.2 cm³/mol. The monoisotopic (exact) mass is 311 g/mol. The topological polar surface area (TPSA) is 93.8 Å². The lowest BCUT2D eigenvalue weighted by atomic mass is 10.0. The molecule has 0 bridgehead atoms. The van der Waals surface area contributed by atoms with Crippen LogP contribution in [0.3, 0.4) is 0 Å². The van der Waals surface area contributed by atoms with Gasteiger partial charge in [0.05, 0.1) is 0 Å². The normalized spacial score (nSPS) is 10.7. The van der Waals surface area contributed by atoms with Crippen molar-refractivity contribution in [1.82, 2.24) is 15.0 Å². The number of rotatable bonds is 2. The summed E-state index contributed by atoms with van der Waals surface area (Å²) in [7, 11) is 0. The Morgan fingerprint density at radius 2 is 2.09 bits per heavy atom. The zero-order valence-electron chi connectivity index (χ0n) is 12.6. The fraction of sp³-hybridized carbons (Fsp3) is 0.125. The molecular weight excluding hydrogens is 297 g/mol. The largest absolute Gasteiger partial charge is 0.383 e. The summed E-state index contributed by atoms with van der Waals surface area (Å²) in [6, 6.07) is 3.21. The first-order valence-electron chi connectivity index (χ1n) is 6.90. The van der Waals surface area contributed by atoms with Gasteiger partial charge in [-0.15, -0.1) is 0 Å². The highest BCUT2D eigenvalue weighted by Gasteiger charge is 2.17. The van der Waals surface area contributed by atoms with Crippen LogP contribution in [0.15, 0.2) is 30.7 Å². The van der Waals surface area contributed by atoms with E-state index < -0.39 is 5.82 Å². The minimum Gasteiger partial charge on any atom is -0.383 e. The Morgan fingerprint density at radius 3 is 2.78 bits per heavy atom. The Labute approximate surface area is 131 Å². The number of nitrogen functional groups attached to an aromatic ring is 1. The first-order chi connectivity index (χ1) is 11.0. The SMILES string of the molecule is CC(=O)Nc1cc2c(F)c(-c3cnccc3C)nc(N)c2cn1. The molecule has 3 aromatic rings. The van der Waals surface area contributed by atoms with Gasteiger partial charge in [0, 0.05) is 41.9 Å². The number of aryl methyl sites for hydroxylation is 1. The molecule has 0 saturated carbocycles. The van der Waals surface area contributed by atoms with Crippen molar-refractivity contribution in [2.24, 2.45) is 0 Å². The first-order valence-corrected chi connectivity index (χ1v) is 6.90. The van der Waals surface area contributed by atoms with Gasteiger partial charge in [0.15, 0.2) is 5.82 Å². The summed E-state index contributed by atoms with van der Waals surface area (Å²) in [6.07, 6.45) is 4.56. The lowest BCUT2D eigenvalue weighted by molar-refractivity contribution is -0.114. The highest BCUT2D eigenvalue weighted by molar-refractivity contribution is 5.97. The summed E-state index contributed by atoms with van der Waals surface area (Å²) in [4.78, 5) is 23.4. The molecule has 7 heteroatoms. The highest BCUT2D eigenvalue weighted by Crippen LogP contribution is 2.32. The minimum atomic E-state index is -0.528. The molecule has 3 aromatic heterocycles. The molecule has 0 unspecified atom stereocenters. The van der Waals surface area contributed by atoms with E-state index in [1.54, 1.807) is 18.5 Å². The number of nitrogens with one attached hydrogen (secondary N) is 1. The van der Waals surface area contributed by atoms with Gasteiger partial charge in [-0.3, -0.25) is 9.78 Å². The molecular formula is C16H14FN5O. The summed E-state index contributed by atoms with van der Waals surface area (Å²) in [5.74, 6) is -0.396. The molecule has 0 atom stereocenters. The molecule has 3 N–H and O–H groups in total. The summed E-state index contributed by atoms with van der Waals surface area (Å²) in [5.41, 5.74) is 7.47. The zero-order valence-corrected chi connectivity index (χ0v) is 12.6. The van der Waals surface area contributed by atoms with Crippen LogP contribution in [-0.4, -0.2) is 20.9 Å². The number of nitrogens with two attached hydrogens (primary N) is 1. The maximum atomic E-state index is 14.9. The maximum absolute atomic E-state index is 14.9. The van der Waals surface area contributed by atoms with E-state index in [1.165, 1.54) is 19.2 Å². The molecule has 1 amide bonds. The van der Waals surface area contributed by atoms with Crippen LogP contribution < -0.4 is 11.1 Å². The van der Waals surface area contributed by atoms with Crippen molar-refractivity contribution in [2.75, 3.05) is 11.1 Å².